The largest absolute Gasteiger partial charge is 0.416 e. The van der Waals surface area contributed by atoms with E-state index >= 15 is 0 Å². The minimum atomic E-state index is -4.33. The van der Waals surface area contributed by atoms with Crippen LogP contribution in [0.3, 0.4) is 0 Å². The van der Waals surface area contributed by atoms with Crippen molar-refractivity contribution in [2.45, 2.75) is 50.9 Å². The van der Waals surface area contributed by atoms with Gasteiger partial charge in [-0.15, -0.1) is 0 Å². The zero-order valence-corrected chi connectivity index (χ0v) is 15.7. The van der Waals surface area contributed by atoms with Crippen molar-refractivity contribution in [3.05, 3.63) is 35.4 Å². The van der Waals surface area contributed by atoms with E-state index in [1.807, 2.05) is 0 Å². The fourth-order valence-corrected chi connectivity index (χ4v) is 5.42. The molecule has 2 heterocycles. The molecule has 1 unspecified atom stereocenters. The zero-order valence-electron chi connectivity index (χ0n) is 14.9. The van der Waals surface area contributed by atoms with Gasteiger partial charge in [-0.05, 0) is 56.8 Å². The van der Waals surface area contributed by atoms with Crippen molar-refractivity contribution in [2.75, 3.05) is 25.4 Å². The second-order valence-electron chi connectivity index (χ2n) is 7.28. The molecule has 0 N–H and O–H groups in total. The van der Waals surface area contributed by atoms with Gasteiger partial charge in [-0.1, -0.05) is 12.1 Å². The highest BCUT2D eigenvalue weighted by Crippen LogP contribution is 2.39. The molecule has 0 aromatic heterocycles. The molecule has 1 atom stereocenters. The van der Waals surface area contributed by atoms with Gasteiger partial charge in [-0.3, -0.25) is 4.90 Å². The highest BCUT2D eigenvalue weighted by Gasteiger charge is 2.45. The minimum absolute atomic E-state index is 0.0992. The maximum Gasteiger partial charge on any atom is 0.416 e. The standard InChI is InChI=1S/C18H25F3N2O2S/c1-2-26(24,25)23-12-4-10-17(14-23)9-3-11-22(17)13-15-5-7-16(8-6-15)18(19,20)21/h5-8H,2-4,9-14H2,1H3. The van der Waals surface area contributed by atoms with Crippen molar-refractivity contribution in [2.24, 2.45) is 0 Å². The van der Waals surface area contributed by atoms with Crippen LogP contribution in [0.25, 0.3) is 0 Å². The number of hydrogen-bond donors (Lipinski definition) is 0. The van der Waals surface area contributed by atoms with E-state index in [4.69, 9.17) is 0 Å². The highest BCUT2D eigenvalue weighted by atomic mass is 32.2. The summed E-state index contributed by atoms with van der Waals surface area (Å²) in [5, 5.41) is 0. The molecule has 0 amide bonds. The molecule has 3 rings (SSSR count). The lowest BCUT2D eigenvalue weighted by molar-refractivity contribution is -0.137. The summed E-state index contributed by atoms with van der Waals surface area (Å²) < 4.78 is 64.4. The summed E-state index contributed by atoms with van der Waals surface area (Å²) in [4.78, 5) is 2.27. The number of benzene rings is 1. The summed E-state index contributed by atoms with van der Waals surface area (Å²) in [6.45, 7) is 4.11. The van der Waals surface area contributed by atoms with E-state index in [0.29, 0.717) is 19.6 Å². The van der Waals surface area contributed by atoms with Gasteiger partial charge in [0.05, 0.1) is 11.3 Å². The van der Waals surface area contributed by atoms with E-state index in [-0.39, 0.29) is 11.3 Å². The van der Waals surface area contributed by atoms with E-state index in [9.17, 15) is 21.6 Å². The van der Waals surface area contributed by atoms with Gasteiger partial charge in [-0.2, -0.15) is 13.2 Å². The number of rotatable bonds is 4. The van der Waals surface area contributed by atoms with Gasteiger partial charge in [0, 0.05) is 25.2 Å². The quantitative estimate of drug-likeness (QED) is 0.790. The molecule has 2 fully saturated rings. The van der Waals surface area contributed by atoms with Crippen LogP contribution in [-0.2, 0) is 22.7 Å². The first-order chi connectivity index (χ1) is 12.2. The van der Waals surface area contributed by atoms with Crippen LogP contribution in [0.2, 0.25) is 0 Å². The number of sulfonamides is 1. The third-order valence-electron chi connectivity index (χ3n) is 5.67. The summed E-state index contributed by atoms with van der Waals surface area (Å²) in [6, 6.07) is 5.29. The van der Waals surface area contributed by atoms with E-state index in [2.05, 4.69) is 4.90 Å². The Morgan fingerprint density at radius 3 is 2.27 bits per heavy atom. The van der Waals surface area contributed by atoms with Crippen LogP contribution < -0.4 is 0 Å². The lowest BCUT2D eigenvalue weighted by Crippen LogP contribution is -2.56. The fourth-order valence-electron chi connectivity index (χ4n) is 4.21. The molecule has 1 aromatic carbocycles. The van der Waals surface area contributed by atoms with Crippen molar-refractivity contribution < 1.29 is 21.6 Å². The van der Waals surface area contributed by atoms with Crippen LogP contribution >= 0.6 is 0 Å². The van der Waals surface area contributed by atoms with E-state index in [1.54, 1.807) is 11.2 Å². The van der Waals surface area contributed by atoms with Gasteiger partial charge in [-0.25, -0.2) is 12.7 Å². The second-order valence-corrected chi connectivity index (χ2v) is 9.54. The van der Waals surface area contributed by atoms with Crippen LogP contribution in [0.5, 0.6) is 0 Å². The molecule has 0 aliphatic carbocycles. The van der Waals surface area contributed by atoms with Crippen LogP contribution in [0, 0.1) is 0 Å². The van der Waals surface area contributed by atoms with E-state index in [0.717, 1.165) is 49.9 Å². The highest BCUT2D eigenvalue weighted by molar-refractivity contribution is 7.89. The normalized spacial score (nSPS) is 25.8. The van der Waals surface area contributed by atoms with Gasteiger partial charge in [0.2, 0.25) is 10.0 Å². The summed E-state index contributed by atoms with van der Waals surface area (Å²) in [5.74, 6) is 0.0992. The molecule has 1 spiro atoms. The molecule has 2 aliphatic rings. The molecule has 2 saturated heterocycles. The molecule has 0 saturated carbocycles. The summed E-state index contributed by atoms with van der Waals surface area (Å²) in [5.41, 5.74) is -0.00608. The Hall–Kier alpha value is -1.12. The molecule has 1 aromatic rings. The second kappa shape index (κ2) is 7.13. The lowest BCUT2D eigenvalue weighted by Gasteiger charge is -2.45. The van der Waals surface area contributed by atoms with E-state index in [1.165, 1.54) is 12.1 Å². The number of halogens is 3. The number of hydrogen-bond acceptors (Lipinski definition) is 3. The van der Waals surface area contributed by atoms with Crippen molar-refractivity contribution in [3.8, 4) is 0 Å². The Balaban J connectivity index is 1.76. The molecule has 0 radical (unpaired) electrons. The Kier molecular flexibility index (Phi) is 5.38. The SMILES string of the molecule is CCS(=O)(=O)N1CCCC2(CCCN2Cc2ccc(C(F)(F)F)cc2)C1. The average molecular weight is 390 g/mol. The Morgan fingerprint density at radius 2 is 1.69 bits per heavy atom. The smallest absolute Gasteiger partial charge is 0.292 e. The predicted octanol–water partition coefficient (Wildman–Crippen LogP) is 3.49. The van der Waals surface area contributed by atoms with Crippen LogP contribution in [0.4, 0.5) is 13.2 Å². The van der Waals surface area contributed by atoms with E-state index < -0.39 is 21.8 Å². The molecule has 0 bridgehead atoms. The maximum absolute atomic E-state index is 12.7. The number of nitrogens with zero attached hydrogens (tertiary/aromatic N) is 2. The number of likely N-dealkylation sites (tertiary alicyclic amines) is 1. The molecule has 4 nitrogen and oxygen atoms in total. The first-order valence-electron chi connectivity index (χ1n) is 9.05. The Morgan fingerprint density at radius 1 is 1.08 bits per heavy atom. The summed E-state index contributed by atoms with van der Waals surface area (Å²) in [7, 11) is -3.22. The predicted molar refractivity (Wildman–Crippen MR) is 94.1 cm³/mol. The summed E-state index contributed by atoms with van der Waals surface area (Å²) >= 11 is 0. The van der Waals surface area contributed by atoms with Crippen LogP contribution in [0.1, 0.15) is 43.7 Å². The Labute approximate surface area is 153 Å². The molecule has 26 heavy (non-hydrogen) atoms. The van der Waals surface area contributed by atoms with Gasteiger partial charge in [0.1, 0.15) is 0 Å². The Bertz CT molecular complexity index is 734. The minimum Gasteiger partial charge on any atom is -0.292 e. The monoisotopic (exact) mass is 390 g/mol. The zero-order chi connectivity index (χ0) is 19.0. The van der Waals surface area contributed by atoms with Gasteiger partial charge >= 0.3 is 6.18 Å². The molecular formula is C18H25F3N2O2S. The maximum atomic E-state index is 12.7. The first kappa shape index (κ1) is 19.6. The molecule has 146 valence electrons. The fraction of sp³-hybridized carbons (Fsp3) is 0.667. The number of alkyl halides is 3. The average Bonchev–Trinajstić information content (AvgIpc) is 2.96. The lowest BCUT2D eigenvalue weighted by atomic mass is 9.87. The summed E-state index contributed by atoms with van der Waals surface area (Å²) in [6.07, 6.45) is -0.651. The van der Waals surface area contributed by atoms with Crippen molar-refractivity contribution in [1.82, 2.24) is 9.21 Å². The molecule has 8 heteroatoms. The van der Waals surface area contributed by atoms with Crippen LogP contribution in [-0.4, -0.2) is 48.5 Å². The van der Waals surface area contributed by atoms with Crippen molar-refractivity contribution >= 4 is 10.0 Å². The van der Waals surface area contributed by atoms with Crippen molar-refractivity contribution in [1.29, 1.82) is 0 Å². The third kappa shape index (κ3) is 3.92. The molecule has 2 aliphatic heterocycles. The number of piperidine rings is 1. The molecular weight excluding hydrogens is 365 g/mol. The van der Waals surface area contributed by atoms with Gasteiger partial charge in [0.25, 0.3) is 0 Å². The topological polar surface area (TPSA) is 40.6 Å². The third-order valence-corrected chi connectivity index (χ3v) is 7.50. The van der Waals surface area contributed by atoms with Gasteiger partial charge < -0.3 is 0 Å². The van der Waals surface area contributed by atoms with Crippen LogP contribution in [0.15, 0.2) is 24.3 Å². The first-order valence-corrected chi connectivity index (χ1v) is 10.7. The van der Waals surface area contributed by atoms with Crippen molar-refractivity contribution in [3.63, 3.8) is 0 Å². The van der Waals surface area contributed by atoms with Gasteiger partial charge in [0.15, 0.2) is 0 Å².